The third kappa shape index (κ3) is 0.677. The summed E-state index contributed by atoms with van der Waals surface area (Å²) in [4.78, 5) is 0. The highest BCUT2D eigenvalue weighted by Gasteiger charge is 2.65. The Balaban J connectivity index is 2.10. The van der Waals surface area contributed by atoms with Gasteiger partial charge in [0.1, 0.15) is 0 Å². The van der Waals surface area contributed by atoms with E-state index in [1.165, 1.54) is 19.3 Å². The summed E-state index contributed by atoms with van der Waals surface area (Å²) in [5, 5.41) is 0. The van der Waals surface area contributed by atoms with Gasteiger partial charge in [-0.25, -0.2) is 0 Å². The summed E-state index contributed by atoms with van der Waals surface area (Å²) in [7, 11) is 0. The Morgan fingerprint density at radius 2 is 2.20 bits per heavy atom. The van der Waals surface area contributed by atoms with Crippen molar-refractivity contribution in [3.63, 3.8) is 0 Å². The van der Waals surface area contributed by atoms with Crippen molar-refractivity contribution in [2.75, 3.05) is 0 Å². The molecular formula is C9H15Br. The van der Waals surface area contributed by atoms with Crippen LogP contribution in [0.25, 0.3) is 0 Å². The summed E-state index contributed by atoms with van der Waals surface area (Å²) in [6.45, 7) is 4.71. The topological polar surface area (TPSA) is 0 Å². The van der Waals surface area contributed by atoms with Crippen molar-refractivity contribution in [3.8, 4) is 0 Å². The summed E-state index contributed by atoms with van der Waals surface area (Å²) < 4.78 is 0.588. The first-order valence-electron chi connectivity index (χ1n) is 4.39. The van der Waals surface area contributed by atoms with Crippen LogP contribution in [-0.4, -0.2) is 4.32 Å². The molecule has 2 aliphatic carbocycles. The Kier molecular flexibility index (Phi) is 1.43. The monoisotopic (exact) mass is 202 g/mol. The van der Waals surface area contributed by atoms with Gasteiger partial charge in [-0.2, -0.15) is 0 Å². The molecule has 0 saturated heterocycles. The second-order valence-corrected chi connectivity index (χ2v) is 5.44. The average Bonchev–Trinajstić information content (AvgIpc) is 2.28. The molecule has 58 valence electrons. The van der Waals surface area contributed by atoms with Gasteiger partial charge in [0.2, 0.25) is 0 Å². The maximum Gasteiger partial charge on any atom is 0.0320 e. The van der Waals surface area contributed by atoms with Crippen LogP contribution in [0.1, 0.15) is 33.1 Å². The van der Waals surface area contributed by atoms with Crippen molar-refractivity contribution in [3.05, 3.63) is 0 Å². The molecule has 1 heteroatoms. The van der Waals surface area contributed by atoms with Crippen molar-refractivity contribution in [2.45, 2.75) is 37.4 Å². The number of rotatable bonds is 1. The molecule has 2 saturated carbocycles. The minimum Gasteiger partial charge on any atom is -0.0847 e. The molecule has 0 radical (unpaired) electrons. The lowest BCUT2D eigenvalue weighted by Crippen LogP contribution is -2.09. The van der Waals surface area contributed by atoms with Gasteiger partial charge in [-0.15, -0.1) is 0 Å². The van der Waals surface area contributed by atoms with Crippen molar-refractivity contribution >= 4 is 15.9 Å². The van der Waals surface area contributed by atoms with Crippen LogP contribution in [0.4, 0.5) is 0 Å². The van der Waals surface area contributed by atoms with E-state index in [1.54, 1.807) is 0 Å². The predicted octanol–water partition coefficient (Wildman–Crippen LogP) is 3.21. The number of alkyl halides is 1. The van der Waals surface area contributed by atoms with Crippen LogP contribution in [0.2, 0.25) is 0 Å². The molecule has 2 fully saturated rings. The Hall–Kier alpha value is 0.480. The molecule has 2 rings (SSSR count). The maximum atomic E-state index is 3.87. The Labute approximate surface area is 71.5 Å². The van der Waals surface area contributed by atoms with Crippen LogP contribution in [0, 0.1) is 17.8 Å². The van der Waals surface area contributed by atoms with Gasteiger partial charge in [0.15, 0.2) is 0 Å². The van der Waals surface area contributed by atoms with E-state index in [1.807, 2.05) is 0 Å². The smallest absolute Gasteiger partial charge is 0.0320 e. The highest BCUT2D eigenvalue weighted by atomic mass is 79.9. The summed E-state index contributed by atoms with van der Waals surface area (Å²) in [5.74, 6) is 3.05. The lowest BCUT2D eigenvalue weighted by atomic mass is 10.0. The van der Waals surface area contributed by atoms with Crippen LogP contribution in [0.15, 0.2) is 0 Å². The molecule has 0 amide bonds. The summed E-state index contributed by atoms with van der Waals surface area (Å²) in [6.07, 6.45) is 4.28. The van der Waals surface area contributed by atoms with E-state index >= 15 is 0 Å². The van der Waals surface area contributed by atoms with E-state index < -0.39 is 0 Å². The average molecular weight is 203 g/mol. The molecule has 0 nitrogen and oxygen atoms in total. The molecule has 2 aliphatic rings. The Morgan fingerprint density at radius 1 is 1.50 bits per heavy atom. The SMILES string of the molecule is CCC1(Br)C2CCC(C)C21. The maximum absolute atomic E-state index is 3.87. The van der Waals surface area contributed by atoms with Crippen LogP contribution in [0.3, 0.4) is 0 Å². The quantitative estimate of drug-likeness (QED) is 0.574. The first-order chi connectivity index (χ1) is 4.70. The van der Waals surface area contributed by atoms with Gasteiger partial charge in [0.05, 0.1) is 0 Å². The fraction of sp³-hybridized carbons (Fsp3) is 1.00. The van der Waals surface area contributed by atoms with Gasteiger partial charge in [0, 0.05) is 4.32 Å². The van der Waals surface area contributed by atoms with E-state index in [0.29, 0.717) is 4.32 Å². The molecule has 0 bridgehead atoms. The van der Waals surface area contributed by atoms with Crippen molar-refractivity contribution in [1.82, 2.24) is 0 Å². The summed E-state index contributed by atoms with van der Waals surface area (Å²) >= 11 is 3.87. The minimum absolute atomic E-state index is 0.588. The zero-order valence-electron chi connectivity index (χ0n) is 6.73. The highest BCUT2D eigenvalue weighted by molar-refractivity contribution is 9.10. The second kappa shape index (κ2) is 2.00. The minimum atomic E-state index is 0.588. The fourth-order valence-electron chi connectivity index (χ4n) is 2.92. The number of fused-ring (bicyclic) bond motifs is 1. The van der Waals surface area contributed by atoms with Gasteiger partial charge in [-0.1, -0.05) is 36.2 Å². The molecule has 4 unspecified atom stereocenters. The fourth-order valence-corrected chi connectivity index (χ4v) is 4.08. The third-order valence-electron chi connectivity index (χ3n) is 3.58. The first-order valence-corrected chi connectivity index (χ1v) is 5.18. The van der Waals surface area contributed by atoms with E-state index in [4.69, 9.17) is 0 Å². The number of halogens is 1. The van der Waals surface area contributed by atoms with Crippen LogP contribution in [-0.2, 0) is 0 Å². The van der Waals surface area contributed by atoms with Crippen LogP contribution < -0.4 is 0 Å². The van der Waals surface area contributed by atoms with Gasteiger partial charge < -0.3 is 0 Å². The molecule has 0 aromatic heterocycles. The lowest BCUT2D eigenvalue weighted by Gasteiger charge is -2.13. The Bertz CT molecular complexity index is 155. The van der Waals surface area contributed by atoms with Crippen LogP contribution in [0.5, 0.6) is 0 Å². The van der Waals surface area contributed by atoms with Crippen molar-refractivity contribution in [1.29, 1.82) is 0 Å². The van der Waals surface area contributed by atoms with Gasteiger partial charge >= 0.3 is 0 Å². The standard InChI is InChI=1S/C9H15Br/c1-3-9(10)7-5-4-6(2)8(7)9/h6-8H,3-5H2,1-2H3. The number of hydrogen-bond donors (Lipinski definition) is 0. The molecule has 0 aliphatic heterocycles. The van der Waals surface area contributed by atoms with Gasteiger partial charge in [-0.05, 0) is 30.6 Å². The van der Waals surface area contributed by atoms with E-state index in [0.717, 1.165) is 17.8 Å². The van der Waals surface area contributed by atoms with Gasteiger partial charge in [-0.3, -0.25) is 0 Å². The summed E-state index contributed by atoms with van der Waals surface area (Å²) in [6, 6.07) is 0. The van der Waals surface area contributed by atoms with E-state index in [-0.39, 0.29) is 0 Å². The largest absolute Gasteiger partial charge is 0.0847 e. The molecule has 0 aromatic rings. The third-order valence-corrected chi connectivity index (χ3v) is 5.26. The van der Waals surface area contributed by atoms with E-state index in [9.17, 15) is 0 Å². The molecule has 0 aromatic carbocycles. The molecule has 0 heterocycles. The highest BCUT2D eigenvalue weighted by Crippen LogP contribution is 2.69. The summed E-state index contributed by atoms with van der Waals surface area (Å²) in [5.41, 5.74) is 0. The normalized spacial score (nSPS) is 58.5. The zero-order chi connectivity index (χ0) is 7.35. The first kappa shape index (κ1) is 7.15. The molecule has 10 heavy (non-hydrogen) atoms. The lowest BCUT2D eigenvalue weighted by molar-refractivity contribution is 0.485. The van der Waals surface area contributed by atoms with Crippen LogP contribution >= 0.6 is 15.9 Å². The Morgan fingerprint density at radius 3 is 2.50 bits per heavy atom. The molecule has 0 spiro atoms. The molecule has 0 N–H and O–H groups in total. The zero-order valence-corrected chi connectivity index (χ0v) is 8.32. The molecule has 4 atom stereocenters. The van der Waals surface area contributed by atoms with Crippen molar-refractivity contribution < 1.29 is 0 Å². The second-order valence-electron chi connectivity index (χ2n) is 3.97. The van der Waals surface area contributed by atoms with Crippen molar-refractivity contribution in [2.24, 2.45) is 17.8 Å². The predicted molar refractivity (Wildman–Crippen MR) is 47.3 cm³/mol. The molecular weight excluding hydrogens is 188 g/mol. The van der Waals surface area contributed by atoms with E-state index in [2.05, 4.69) is 29.8 Å². The number of hydrogen-bond acceptors (Lipinski definition) is 0. The van der Waals surface area contributed by atoms with Gasteiger partial charge in [0.25, 0.3) is 0 Å².